The first kappa shape index (κ1) is 34.2. The van der Waals surface area contributed by atoms with Crippen LogP contribution in [-0.4, -0.2) is 77.7 Å². The molecular formula is C28H43N5O7. The van der Waals surface area contributed by atoms with Crippen molar-refractivity contribution in [3.8, 4) is 0 Å². The third-order valence-corrected chi connectivity index (χ3v) is 6.01. The Hall–Kier alpha value is -3.80. The van der Waals surface area contributed by atoms with Gasteiger partial charge in [0.1, 0.15) is 30.5 Å². The molecule has 0 aromatic heterocycles. The second-order valence-corrected chi connectivity index (χ2v) is 10.5. The number of aliphatic hydroxyl groups excluding tert-OH is 1. The molecular weight excluding hydrogens is 518 g/mol. The van der Waals surface area contributed by atoms with Crippen LogP contribution in [0.15, 0.2) is 30.3 Å². The van der Waals surface area contributed by atoms with Gasteiger partial charge in [0.15, 0.2) is 0 Å². The van der Waals surface area contributed by atoms with Crippen LogP contribution in [0.25, 0.3) is 0 Å². The average molecular weight is 562 g/mol. The highest BCUT2D eigenvalue weighted by atomic mass is 16.3. The van der Waals surface area contributed by atoms with E-state index in [1.807, 2.05) is 44.2 Å². The van der Waals surface area contributed by atoms with Gasteiger partial charge in [-0.05, 0) is 37.2 Å². The fraction of sp³-hybridized carbons (Fsp3) is 0.571. The first-order valence-electron chi connectivity index (χ1n) is 13.4. The number of carbonyl (C=O) groups excluding carboxylic acids is 6. The Balaban J connectivity index is 2.91. The maximum Gasteiger partial charge on any atom is 0.245 e. The van der Waals surface area contributed by atoms with Crippen LogP contribution in [0.5, 0.6) is 0 Å². The minimum absolute atomic E-state index is 0.0327. The van der Waals surface area contributed by atoms with E-state index in [1.54, 1.807) is 13.8 Å². The first-order chi connectivity index (χ1) is 18.8. The summed E-state index contributed by atoms with van der Waals surface area (Å²) in [5, 5.41) is 22.0. The fourth-order valence-electron chi connectivity index (χ4n) is 3.88. The Morgan fingerprint density at radius 2 is 1.38 bits per heavy atom. The van der Waals surface area contributed by atoms with Gasteiger partial charge < -0.3 is 36.5 Å². The average Bonchev–Trinajstić information content (AvgIpc) is 2.88. The van der Waals surface area contributed by atoms with Crippen molar-refractivity contribution in [3.63, 3.8) is 0 Å². The molecule has 5 amide bonds. The highest BCUT2D eigenvalue weighted by molar-refractivity contribution is 5.95. The van der Waals surface area contributed by atoms with Gasteiger partial charge >= 0.3 is 0 Å². The topological polar surface area (TPSA) is 183 Å². The summed E-state index contributed by atoms with van der Waals surface area (Å²) in [5.41, 5.74) is 0.871. The Kier molecular flexibility index (Phi) is 14.6. The zero-order valence-corrected chi connectivity index (χ0v) is 24.0. The fourth-order valence-corrected chi connectivity index (χ4v) is 3.88. The summed E-state index contributed by atoms with van der Waals surface area (Å²) in [6.07, 6.45) is 1.25. The van der Waals surface area contributed by atoms with Gasteiger partial charge in [-0.25, -0.2) is 0 Å². The van der Waals surface area contributed by atoms with Crippen molar-refractivity contribution in [2.24, 2.45) is 11.8 Å². The molecule has 0 aliphatic carbocycles. The summed E-state index contributed by atoms with van der Waals surface area (Å²) >= 11 is 0. The summed E-state index contributed by atoms with van der Waals surface area (Å²) in [7, 11) is 0. The van der Waals surface area contributed by atoms with Gasteiger partial charge in [-0.15, -0.1) is 0 Å². The monoisotopic (exact) mass is 561 g/mol. The van der Waals surface area contributed by atoms with E-state index < -0.39 is 66.4 Å². The van der Waals surface area contributed by atoms with E-state index in [9.17, 15) is 33.9 Å². The third-order valence-electron chi connectivity index (χ3n) is 6.01. The number of aldehydes is 1. The van der Waals surface area contributed by atoms with E-state index >= 15 is 0 Å². The quantitative estimate of drug-likeness (QED) is 0.148. The number of amides is 5. The summed E-state index contributed by atoms with van der Waals surface area (Å²) in [4.78, 5) is 74.4. The van der Waals surface area contributed by atoms with Gasteiger partial charge in [0.25, 0.3) is 0 Å². The Labute approximate surface area is 235 Å². The number of carbonyl (C=O) groups is 6. The van der Waals surface area contributed by atoms with Crippen LogP contribution < -0.4 is 26.6 Å². The molecule has 6 N–H and O–H groups in total. The van der Waals surface area contributed by atoms with Crippen molar-refractivity contribution in [3.05, 3.63) is 35.9 Å². The molecule has 0 aliphatic heterocycles. The largest absolute Gasteiger partial charge is 0.394 e. The van der Waals surface area contributed by atoms with Gasteiger partial charge in [-0.1, -0.05) is 58.0 Å². The number of aliphatic hydroxyl groups is 1. The van der Waals surface area contributed by atoms with Gasteiger partial charge in [-0.2, -0.15) is 0 Å². The number of rotatable bonds is 16. The normalized spacial score (nSPS) is 14.7. The highest BCUT2D eigenvalue weighted by Gasteiger charge is 2.32. The lowest BCUT2D eigenvalue weighted by Gasteiger charge is -2.28. The second-order valence-electron chi connectivity index (χ2n) is 10.5. The van der Waals surface area contributed by atoms with Crippen LogP contribution in [-0.2, 0) is 35.2 Å². The molecule has 0 unspecified atom stereocenters. The molecule has 0 bridgehead atoms. The number of hydrogen-bond acceptors (Lipinski definition) is 7. The van der Waals surface area contributed by atoms with Crippen molar-refractivity contribution in [2.75, 3.05) is 6.61 Å². The SMILES string of the molecule is CC(=O)N[C@@H](CO)C(=O)N[C@@H](C)C(=O)N[C@H](C(=O)N[C@@H](CC(C)C)C(=O)N[C@H](C=O)Cc1ccccc1)C(C)C. The zero-order valence-electron chi connectivity index (χ0n) is 24.0. The van der Waals surface area contributed by atoms with E-state index in [-0.39, 0.29) is 11.8 Å². The Morgan fingerprint density at radius 1 is 0.775 bits per heavy atom. The van der Waals surface area contributed by atoms with E-state index in [2.05, 4.69) is 26.6 Å². The Bertz CT molecular complexity index is 1020. The maximum atomic E-state index is 13.2. The standard InChI is InChI=1S/C28H43N5O7/c1-16(2)12-22(26(38)31-21(14-34)13-20-10-8-7-9-11-20)32-28(40)24(17(3)4)33-25(37)18(5)29-27(39)23(15-35)30-19(6)36/h7-11,14,16-18,21-24,35H,12-13,15H2,1-6H3,(H,29,39)(H,30,36)(H,31,38)(H,32,40)(H,33,37)/t18-,21-,22-,23-,24-/m0/s1. The lowest BCUT2D eigenvalue weighted by molar-refractivity contribution is -0.135. The number of hydrogen-bond donors (Lipinski definition) is 6. The molecule has 12 nitrogen and oxygen atoms in total. The molecule has 0 spiro atoms. The Morgan fingerprint density at radius 3 is 1.88 bits per heavy atom. The predicted octanol–water partition coefficient (Wildman–Crippen LogP) is -0.414. The molecule has 222 valence electrons. The smallest absolute Gasteiger partial charge is 0.245 e. The lowest BCUT2D eigenvalue weighted by Crippen LogP contribution is -2.59. The minimum atomic E-state index is -1.23. The van der Waals surface area contributed by atoms with E-state index in [0.29, 0.717) is 19.1 Å². The van der Waals surface area contributed by atoms with Crippen LogP contribution in [0.1, 0.15) is 53.5 Å². The molecule has 0 radical (unpaired) electrons. The zero-order chi connectivity index (χ0) is 30.4. The summed E-state index contributed by atoms with van der Waals surface area (Å²) < 4.78 is 0. The van der Waals surface area contributed by atoms with Crippen molar-refractivity contribution < 1.29 is 33.9 Å². The molecule has 0 aliphatic rings. The van der Waals surface area contributed by atoms with Crippen LogP contribution in [0, 0.1) is 11.8 Å². The minimum Gasteiger partial charge on any atom is -0.394 e. The second kappa shape index (κ2) is 17.0. The molecule has 0 saturated heterocycles. The van der Waals surface area contributed by atoms with Gasteiger partial charge in [-0.3, -0.25) is 24.0 Å². The van der Waals surface area contributed by atoms with Crippen molar-refractivity contribution in [1.29, 1.82) is 0 Å². The van der Waals surface area contributed by atoms with Crippen LogP contribution >= 0.6 is 0 Å². The van der Waals surface area contributed by atoms with E-state index in [4.69, 9.17) is 0 Å². The highest BCUT2D eigenvalue weighted by Crippen LogP contribution is 2.10. The van der Waals surface area contributed by atoms with E-state index in [0.717, 1.165) is 5.56 Å². The molecule has 1 aromatic rings. The predicted molar refractivity (Wildman–Crippen MR) is 149 cm³/mol. The van der Waals surface area contributed by atoms with Crippen LogP contribution in [0.4, 0.5) is 0 Å². The molecule has 0 fully saturated rings. The van der Waals surface area contributed by atoms with Crippen molar-refractivity contribution in [2.45, 2.75) is 84.6 Å². The van der Waals surface area contributed by atoms with E-state index in [1.165, 1.54) is 13.8 Å². The molecule has 5 atom stereocenters. The first-order valence-corrected chi connectivity index (χ1v) is 13.4. The summed E-state index contributed by atoms with van der Waals surface area (Å²) in [6, 6.07) is 4.11. The van der Waals surface area contributed by atoms with Gasteiger partial charge in [0.05, 0.1) is 12.6 Å². The summed E-state index contributed by atoms with van der Waals surface area (Å²) in [5.74, 6) is -3.42. The van der Waals surface area contributed by atoms with Crippen LogP contribution in [0.3, 0.4) is 0 Å². The number of benzene rings is 1. The van der Waals surface area contributed by atoms with Crippen molar-refractivity contribution in [1.82, 2.24) is 26.6 Å². The molecule has 1 rings (SSSR count). The third kappa shape index (κ3) is 11.9. The van der Waals surface area contributed by atoms with Crippen LogP contribution in [0.2, 0.25) is 0 Å². The maximum absolute atomic E-state index is 13.2. The molecule has 1 aromatic carbocycles. The number of nitrogens with one attached hydrogen (secondary N) is 5. The van der Waals surface area contributed by atoms with Crippen molar-refractivity contribution >= 4 is 35.8 Å². The van der Waals surface area contributed by atoms with Gasteiger partial charge in [0, 0.05) is 6.92 Å². The lowest BCUT2D eigenvalue weighted by atomic mass is 9.99. The van der Waals surface area contributed by atoms with Gasteiger partial charge in [0.2, 0.25) is 29.5 Å². The molecule has 12 heteroatoms. The molecule has 0 saturated carbocycles. The summed E-state index contributed by atoms with van der Waals surface area (Å²) in [6.45, 7) is 9.13. The molecule has 0 heterocycles. The molecule has 40 heavy (non-hydrogen) atoms.